The number of rotatable bonds is 9. The molecule has 40 heavy (non-hydrogen) atoms. The molecule has 0 spiro atoms. The fourth-order valence-electron chi connectivity index (χ4n) is 4.44. The quantitative estimate of drug-likeness (QED) is 0.382. The van der Waals surface area contributed by atoms with Gasteiger partial charge in [-0.2, -0.15) is 4.31 Å². The molecule has 0 aliphatic carbocycles. The highest BCUT2D eigenvalue weighted by Crippen LogP contribution is 2.31. The Morgan fingerprint density at radius 1 is 1.12 bits per heavy atom. The van der Waals surface area contributed by atoms with Gasteiger partial charge in [-0.05, 0) is 48.7 Å². The van der Waals surface area contributed by atoms with Gasteiger partial charge in [0.05, 0.1) is 30.5 Å². The van der Waals surface area contributed by atoms with Crippen LogP contribution in [0.25, 0.3) is 0 Å². The van der Waals surface area contributed by atoms with Gasteiger partial charge in [0.25, 0.3) is 20.0 Å². The molecule has 2 heterocycles. The second kappa shape index (κ2) is 12.3. The molecule has 0 saturated carbocycles. The number of carbonyl (C=O) groups is 1. The number of nitrogens with one attached hydrogen (secondary N) is 1. The Balaban J connectivity index is 1.68. The second-order valence-electron chi connectivity index (χ2n) is 9.85. The molecular weight excluding hydrogens is 575 g/mol. The van der Waals surface area contributed by atoms with Gasteiger partial charge in [-0.3, -0.25) is 9.52 Å². The van der Waals surface area contributed by atoms with Crippen LogP contribution in [0.3, 0.4) is 0 Å². The summed E-state index contributed by atoms with van der Waals surface area (Å²) in [6, 6.07) is 15.3. The molecule has 10 nitrogen and oxygen atoms in total. The van der Waals surface area contributed by atoms with Crippen LogP contribution in [-0.4, -0.2) is 75.9 Å². The Labute approximate surface area is 239 Å². The standard InChI is InChI=1S/C27H33N3O7S3/c1-19-16-30(20(2)18-31)26(32)15-21-14-22(28-39(33,34)23-8-5-4-6-9-23)11-12-24(21)37-25(19)17-29(3)40(35,36)27-10-7-13-38-27/h4-14,19-20,25,28,31H,15-18H2,1-3H3/t19-,20+,25-/m0/s1. The predicted molar refractivity (Wildman–Crippen MR) is 153 cm³/mol. The number of anilines is 1. The molecule has 1 amide bonds. The minimum Gasteiger partial charge on any atom is -0.488 e. The minimum absolute atomic E-state index is 0.0127. The molecule has 4 rings (SSSR count). The summed E-state index contributed by atoms with van der Waals surface area (Å²) in [5.74, 6) is -0.212. The summed E-state index contributed by atoms with van der Waals surface area (Å²) in [5.41, 5.74) is 0.693. The summed E-state index contributed by atoms with van der Waals surface area (Å²) < 4.78 is 62.4. The number of nitrogens with zero attached hydrogens (tertiary/aromatic N) is 2. The van der Waals surface area contributed by atoms with Crippen LogP contribution in [0.4, 0.5) is 5.69 Å². The predicted octanol–water partition coefficient (Wildman–Crippen LogP) is 3.02. The first-order valence-corrected chi connectivity index (χ1v) is 16.5. The Kier molecular flexibility index (Phi) is 9.20. The Hall–Kier alpha value is -2.97. The zero-order valence-electron chi connectivity index (χ0n) is 22.4. The van der Waals surface area contributed by atoms with E-state index in [1.165, 1.54) is 23.5 Å². The maximum absolute atomic E-state index is 13.4. The van der Waals surface area contributed by atoms with E-state index in [0.717, 1.165) is 11.3 Å². The largest absolute Gasteiger partial charge is 0.488 e. The molecule has 1 aliphatic rings. The van der Waals surface area contributed by atoms with Crippen molar-refractivity contribution in [3.05, 3.63) is 71.6 Å². The van der Waals surface area contributed by atoms with Gasteiger partial charge in [-0.25, -0.2) is 16.8 Å². The molecule has 0 radical (unpaired) electrons. The van der Waals surface area contributed by atoms with Gasteiger partial charge >= 0.3 is 0 Å². The second-order valence-corrected chi connectivity index (χ2v) is 14.7. The zero-order valence-corrected chi connectivity index (χ0v) is 24.9. The maximum Gasteiger partial charge on any atom is 0.261 e. The molecular formula is C27H33N3O7S3. The Morgan fingerprint density at radius 3 is 2.50 bits per heavy atom. The van der Waals surface area contributed by atoms with Gasteiger partial charge in [-0.15, -0.1) is 11.3 Å². The van der Waals surface area contributed by atoms with E-state index in [1.807, 2.05) is 6.92 Å². The van der Waals surface area contributed by atoms with E-state index in [-0.39, 0.29) is 52.7 Å². The number of carbonyl (C=O) groups excluding carboxylic acids is 1. The van der Waals surface area contributed by atoms with E-state index in [2.05, 4.69) is 4.72 Å². The summed E-state index contributed by atoms with van der Waals surface area (Å²) in [6.45, 7) is 3.60. The number of hydrogen-bond donors (Lipinski definition) is 2. The lowest BCUT2D eigenvalue weighted by Gasteiger charge is -2.33. The fraction of sp³-hybridized carbons (Fsp3) is 0.370. The lowest BCUT2D eigenvalue weighted by atomic mass is 10.0. The van der Waals surface area contributed by atoms with Gasteiger partial charge in [-0.1, -0.05) is 31.2 Å². The average Bonchev–Trinajstić information content (AvgIpc) is 3.49. The molecule has 1 aromatic heterocycles. The monoisotopic (exact) mass is 607 g/mol. The molecule has 3 atom stereocenters. The third-order valence-electron chi connectivity index (χ3n) is 6.82. The van der Waals surface area contributed by atoms with Gasteiger partial charge in [0.1, 0.15) is 16.1 Å². The lowest BCUT2D eigenvalue weighted by molar-refractivity contribution is -0.134. The molecule has 0 fully saturated rings. The third kappa shape index (κ3) is 6.66. The van der Waals surface area contributed by atoms with Gasteiger partial charge in [0, 0.05) is 30.8 Å². The first kappa shape index (κ1) is 30.0. The number of benzene rings is 2. The fourth-order valence-corrected chi connectivity index (χ4v) is 7.89. The molecule has 0 saturated heterocycles. The summed E-state index contributed by atoms with van der Waals surface area (Å²) in [7, 11) is -6.13. The van der Waals surface area contributed by atoms with Crippen molar-refractivity contribution in [1.29, 1.82) is 0 Å². The average molecular weight is 608 g/mol. The van der Waals surface area contributed by atoms with Gasteiger partial charge < -0.3 is 14.7 Å². The number of ether oxygens (including phenoxy) is 1. The number of fused-ring (bicyclic) bond motifs is 1. The van der Waals surface area contributed by atoms with Crippen LogP contribution in [0.2, 0.25) is 0 Å². The van der Waals surface area contributed by atoms with Crippen molar-refractivity contribution in [2.45, 2.75) is 41.5 Å². The highest BCUT2D eigenvalue weighted by Gasteiger charge is 2.33. The summed E-state index contributed by atoms with van der Waals surface area (Å²) in [5, 5.41) is 11.5. The third-order valence-corrected chi connectivity index (χ3v) is 11.4. The molecule has 216 valence electrons. The van der Waals surface area contributed by atoms with Crippen molar-refractivity contribution in [1.82, 2.24) is 9.21 Å². The lowest BCUT2D eigenvalue weighted by Crippen LogP contribution is -2.48. The van der Waals surface area contributed by atoms with E-state index in [0.29, 0.717) is 11.3 Å². The summed E-state index contributed by atoms with van der Waals surface area (Å²) in [4.78, 5) is 15.1. The van der Waals surface area contributed by atoms with Crippen molar-refractivity contribution in [2.75, 3.05) is 31.5 Å². The molecule has 0 bridgehead atoms. The van der Waals surface area contributed by atoms with E-state index >= 15 is 0 Å². The van der Waals surface area contributed by atoms with E-state index < -0.39 is 32.2 Å². The number of aliphatic hydroxyl groups excluding tert-OH is 1. The molecule has 2 N–H and O–H groups in total. The van der Waals surface area contributed by atoms with Crippen molar-refractivity contribution >= 4 is 43.0 Å². The Bertz CT molecular complexity index is 1530. The van der Waals surface area contributed by atoms with Crippen molar-refractivity contribution in [2.24, 2.45) is 5.92 Å². The Morgan fingerprint density at radius 2 is 1.85 bits per heavy atom. The summed E-state index contributed by atoms with van der Waals surface area (Å²) in [6.07, 6.45) is -0.742. The number of amides is 1. The number of hydrogen-bond acceptors (Lipinski definition) is 8. The molecule has 3 aromatic rings. The van der Waals surface area contributed by atoms with E-state index in [9.17, 15) is 26.7 Å². The number of likely N-dealkylation sites (N-methyl/N-ethyl adjacent to an activating group) is 1. The van der Waals surface area contributed by atoms with Gasteiger partial charge in [0.2, 0.25) is 5.91 Å². The van der Waals surface area contributed by atoms with E-state index in [1.54, 1.807) is 65.7 Å². The first-order valence-electron chi connectivity index (χ1n) is 12.7. The zero-order chi connectivity index (χ0) is 29.1. The van der Waals surface area contributed by atoms with Crippen LogP contribution < -0.4 is 9.46 Å². The molecule has 13 heteroatoms. The van der Waals surface area contributed by atoms with Crippen molar-refractivity contribution in [3.8, 4) is 5.75 Å². The van der Waals surface area contributed by atoms with E-state index in [4.69, 9.17) is 4.74 Å². The number of aliphatic hydroxyl groups is 1. The molecule has 2 aromatic carbocycles. The molecule has 0 unspecified atom stereocenters. The highest BCUT2D eigenvalue weighted by atomic mass is 32.2. The molecule has 1 aliphatic heterocycles. The van der Waals surface area contributed by atoms with Crippen LogP contribution >= 0.6 is 11.3 Å². The number of thiophene rings is 1. The smallest absolute Gasteiger partial charge is 0.261 e. The summed E-state index contributed by atoms with van der Waals surface area (Å²) >= 11 is 1.13. The SMILES string of the molecule is C[C@H](CO)N1C[C@H](C)[C@H](CN(C)S(=O)(=O)c2cccs2)Oc2ccc(NS(=O)(=O)c3ccccc3)cc2CC1=O. The number of sulfonamides is 2. The van der Waals surface area contributed by atoms with Crippen LogP contribution in [0.1, 0.15) is 19.4 Å². The highest BCUT2D eigenvalue weighted by molar-refractivity contribution is 7.92. The van der Waals surface area contributed by atoms with Crippen LogP contribution in [0.15, 0.2) is 75.1 Å². The minimum atomic E-state index is -3.87. The van der Waals surface area contributed by atoms with Gasteiger partial charge in [0.15, 0.2) is 0 Å². The van der Waals surface area contributed by atoms with Crippen LogP contribution in [0, 0.1) is 5.92 Å². The van der Waals surface area contributed by atoms with Crippen LogP contribution in [0.5, 0.6) is 5.75 Å². The maximum atomic E-state index is 13.4. The van der Waals surface area contributed by atoms with Crippen LogP contribution in [-0.2, 0) is 31.3 Å². The van der Waals surface area contributed by atoms with Crippen molar-refractivity contribution in [3.63, 3.8) is 0 Å². The van der Waals surface area contributed by atoms with Crippen molar-refractivity contribution < 1.29 is 31.5 Å². The topological polar surface area (TPSA) is 133 Å². The first-order chi connectivity index (χ1) is 18.9. The normalized spacial score (nSPS) is 19.2.